The van der Waals surface area contributed by atoms with Gasteiger partial charge in [-0.3, -0.25) is 4.98 Å². The standard InChI is InChI=1S/C14H14ClN3O2/c1-9-2-3-11(15)7-13(9)20-8-10-4-5-17-12(6-10)14(16)18-19/h2-7,19H,8H2,1H3,(H2,16,18). The van der Waals surface area contributed by atoms with Gasteiger partial charge in [0.05, 0.1) is 0 Å². The summed E-state index contributed by atoms with van der Waals surface area (Å²) in [6.07, 6.45) is 1.58. The average Bonchev–Trinajstić information content (AvgIpc) is 2.47. The van der Waals surface area contributed by atoms with Crippen LogP contribution in [-0.2, 0) is 6.61 Å². The number of ether oxygens (including phenoxy) is 1. The highest BCUT2D eigenvalue weighted by atomic mass is 35.5. The molecule has 20 heavy (non-hydrogen) atoms. The molecular formula is C14H14ClN3O2. The molecule has 0 saturated carbocycles. The molecule has 0 fully saturated rings. The maximum atomic E-state index is 8.63. The molecule has 0 aliphatic rings. The number of benzene rings is 1. The largest absolute Gasteiger partial charge is 0.489 e. The van der Waals surface area contributed by atoms with Gasteiger partial charge >= 0.3 is 0 Å². The van der Waals surface area contributed by atoms with E-state index >= 15 is 0 Å². The fraction of sp³-hybridized carbons (Fsp3) is 0.143. The van der Waals surface area contributed by atoms with E-state index in [2.05, 4.69) is 10.1 Å². The third-order valence-electron chi connectivity index (χ3n) is 2.74. The fourth-order valence-electron chi connectivity index (χ4n) is 1.65. The Morgan fingerprint density at radius 2 is 2.20 bits per heavy atom. The van der Waals surface area contributed by atoms with Crippen LogP contribution in [-0.4, -0.2) is 16.0 Å². The number of halogens is 1. The lowest BCUT2D eigenvalue weighted by molar-refractivity contribution is 0.304. The molecule has 5 nitrogen and oxygen atoms in total. The first-order valence-electron chi connectivity index (χ1n) is 5.92. The van der Waals surface area contributed by atoms with Crippen molar-refractivity contribution >= 4 is 17.4 Å². The lowest BCUT2D eigenvalue weighted by Gasteiger charge is -2.10. The van der Waals surface area contributed by atoms with Crippen molar-refractivity contribution in [1.82, 2.24) is 4.98 Å². The Balaban J connectivity index is 2.13. The van der Waals surface area contributed by atoms with Crippen LogP contribution in [0.25, 0.3) is 0 Å². The van der Waals surface area contributed by atoms with Gasteiger partial charge in [-0.25, -0.2) is 0 Å². The van der Waals surface area contributed by atoms with Crippen molar-refractivity contribution in [2.75, 3.05) is 0 Å². The molecule has 3 N–H and O–H groups in total. The zero-order chi connectivity index (χ0) is 14.5. The van der Waals surface area contributed by atoms with Crippen molar-refractivity contribution in [3.05, 3.63) is 58.4 Å². The van der Waals surface area contributed by atoms with Crippen LogP contribution in [0.5, 0.6) is 5.75 Å². The zero-order valence-electron chi connectivity index (χ0n) is 10.9. The Bertz CT molecular complexity index is 644. The molecule has 0 amide bonds. The maximum absolute atomic E-state index is 8.63. The van der Waals surface area contributed by atoms with E-state index in [1.165, 1.54) is 0 Å². The van der Waals surface area contributed by atoms with E-state index in [-0.39, 0.29) is 5.84 Å². The van der Waals surface area contributed by atoms with E-state index < -0.39 is 0 Å². The van der Waals surface area contributed by atoms with E-state index in [4.69, 9.17) is 27.3 Å². The monoisotopic (exact) mass is 291 g/mol. The average molecular weight is 292 g/mol. The van der Waals surface area contributed by atoms with Gasteiger partial charge in [-0.15, -0.1) is 0 Å². The first-order chi connectivity index (χ1) is 9.60. The van der Waals surface area contributed by atoms with Gasteiger partial charge in [-0.2, -0.15) is 0 Å². The third-order valence-corrected chi connectivity index (χ3v) is 2.97. The quantitative estimate of drug-likeness (QED) is 0.393. The molecule has 0 radical (unpaired) electrons. The molecule has 1 aromatic carbocycles. The van der Waals surface area contributed by atoms with Crippen molar-refractivity contribution < 1.29 is 9.94 Å². The predicted octanol–water partition coefficient (Wildman–Crippen LogP) is 2.72. The first-order valence-corrected chi connectivity index (χ1v) is 6.29. The Morgan fingerprint density at radius 1 is 1.40 bits per heavy atom. The number of aromatic nitrogens is 1. The van der Waals surface area contributed by atoms with Crippen LogP contribution < -0.4 is 10.5 Å². The van der Waals surface area contributed by atoms with Gasteiger partial charge in [-0.05, 0) is 42.3 Å². The van der Waals surface area contributed by atoms with Crippen LogP contribution in [0.15, 0.2) is 41.7 Å². The molecule has 6 heteroatoms. The number of nitrogens with two attached hydrogens (primary N) is 1. The van der Waals surface area contributed by atoms with Crippen LogP contribution in [0.2, 0.25) is 5.02 Å². The molecule has 0 spiro atoms. The Kier molecular flexibility index (Phi) is 4.42. The van der Waals surface area contributed by atoms with Crippen LogP contribution in [0, 0.1) is 6.92 Å². The molecule has 0 unspecified atom stereocenters. The highest BCUT2D eigenvalue weighted by molar-refractivity contribution is 6.30. The van der Waals surface area contributed by atoms with E-state index in [1.54, 1.807) is 24.4 Å². The number of hydrogen-bond acceptors (Lipinski definition) is 4. The zero-order valence-corrected chi connectivity index (χ0v) is 11.6. The predicted molar refractivity (Wildman–Crippen MR) is 77.3 cm³/mol. The fourth-order valence-corrected chi connectivity index (χ4v) is 1.81. The van der Waals surface area contributed by atoms with Gasteiger partial charge in [0.1, 0.15) is 18.1 Å². The second-order valence-corrected chi connectivity index (χ2v) is 4.67. The summed E-state index contributed by atoms with van der Waals surface area (Å²) < 4.78 is 5.72. The number of hydrogen-bond donors (Lipinski definition) is 2. The molecule has 2 aromatic rings. The number of amidine groups is 1. The van der Waals surface area contributed by atoms with Gasteiger partial charge in [0.15, 0.2) is 5.84 Å². The molecule has 0 atom stereocenters. The van der Waals surface area contributed by atoms with E-state index in [1.807, 2.05) is 19.1 Å². The van der Waals surface area contributed by atoms with Gasteiger partial charge in [0, 0.05) is 11.2 Å². The van der Waals surface area contributed by atoms with E-state index in [9.17, 15) is 0 Å². The summed E-state index contributed by atoms with van der Waals surface area (Å²) in [5.41, 5.74) is 7.76. The van der Waals surface area contributed by atoms with Crippen molar-refractivity contribution in [3.63, 3.8) is 0 Å². The second kappa shape index (κ2) is 6.25. The summed E-state index contributed by atoms with van der Waals surface area (Å²) in [5.74, 6) is 0.686. The SMILES string of the molecule is Cc1ccc(Cl)cc1OCc1ccnc(C(N)=NO)c1. The molecule has 0 aliphatic heterocycles. The second-order valence-electron chi connectivity index (χ2n) is 4.23. The number of aryl methyl sites for hydroxylation is 1. The summed E-state index contributed by atoms with van der Waals surface area (Å²) in [4.78, 5) is 4.00. The van der Waals surface area contributed by atoms with Crippen LogP contribution in [0.1, 0.15) is 16.8 Å². The normalized spacial score (nSPS) is 11.4. The minimum atomic E-state index is -0.0363. The maximum Gasteiger partial charge on any atom is 0.188 e. The van der Waals surface area contributed by atoms with Crippen LogP contribution in [0.4, 0.5) is 0 Å². The van der Waals surface area contributed by atoms with E-state index in [0.29, 0.717) is 17.3 Å². The molecule has 1 aromatic heterocycles. The van der Waals surface area contributed by atoms with Crippen molar-refractivity contribution in [1.29, 1.82) is 0 Å². The molecule has 104 valence electrons. The Labute approximate surface area is 121 Å². The number of pyridine rings is 1. The molecule has 2 rings (SSSR count). The van der Waals surface area contributed by atoms with Gasteiger partial charge < -0.3 is 15.7 Å². The summed E-state index contributed by atoms with van der Waals surface area (Å²) >= 11 is 5.93. The Hall–Kier alpha value is -2.27. The number of rotatable bonds is 4. The number of nitrogens with zero attached hydrogens (tertiary/aromatic N) is 2. The number of oxime groups is 1. The van der Waals surface area contributed by atoms with Crippen LogP contribution in [0.3, 0.4) is 0 Å². The molecule has 1 heterocycles. The van der Waals surface area contributed by atoms with E-state index in [0.717, 1.165) is 16.9 Å². The van der Waals surface area contributed by atoms with Gasteiger partial charge in [0.25, 0.3) is 0 Å². The van der Waals surface area contributed by atoms with Crippen molar-refractivity contribution in [3.8, 4) is 5.75 Å². The summed E-state index contributed by atoms with van der Waals surface area (Å²) in [7, 11) is 0. The first kappa shape index (κ1) is 14.1. The lowest BCUT2D eigenvalue weighted by Crippen LogP contribution is -2.15. The minimum absolute atomic E-state index is 0.0363. The lowest BCUT2D eigenvalue weighted by atomic mass is 10.2. The molecular weight excluding hydrogens is 278 g/mol. The van der Waals surface area contributed by atoms with Crippen LogP contribution >= 0.6 is 11.6 Å². The smallest absolute Gasteiger partial charge is 0.188 e. The summed E-state index contributed by atoms with van der Waals surface area (Å²) in [6, 6.07) is 8.98. The Morgan fingerprint density at radius 3 is 2.95 bits per heavy atom. The molecule has 0 bridgehead atoms. The topological polar surface area (TPSA) is 80.7 Å². The minimum Gasteiger partial charge on any atom is -0.489 e. The third kappa shape index (κ3) is 3.39. The highest BCUT2D eigenvalue weighted by Crippen LogP contribution is 2.23. The van der Waals surface area contributed by atoms with Gasteiger partial charge in [-0.1, -0.05) is 22.8 Å². The summed E-state index contributed by atoms with van der Waals surface area (Å²) in [5, 5.41) is 12.2. The molecule has 0 aliphatic carbocycles. The van der Waals surface area contributed by atoms with Crippen molar-refractivity contribution in [2.24, 2.45) is 10.9 Å². The van der Waals surface area contributed by atoms with Gasteiger partial charge in [0.2, 0.25) is 0 Å². The highest BCUT2D eigenvalue weighted by Gasteiger charge is 2.05. The molecule has 0 saturated heterocycles. The summed E-state index contributed by atoms with van der Waals surface area (Å²) in [6.45, 7) is 2.29. The van der Waals surface area contributed by atoms with Crippen molar-refractivity contribution in [2.45, 2.75) is 13.5 Å².